The first kappa shape index (κ1) is 15.6. The van der Waals surface area contributed by atoms with E-state index in [0.717, 1.165) is 42.9 Å². The van der Waals surface area contributed by atoms with Crippen LogP contribution in [0, 0.1) is 5.92 Å². The van der Waals surface area contributed by atoms with Crippen LogP contribution in [0.1, 0.15) is 19.8 Å². The van der Waals surface area contributed by atoms with Crippen molar-refractivity contribution >= 4 is 17.3 Å². The molecule has 0 bridgehead atoms. The number of halogens is 1. The maximum absolute atomic E-state index is 6.15. The molecule has 1 fully saturated rings. The van der Waals surface area contributed by atoms with Crippen LogP contribution < -0.4 is 5.32 Å². The van der Waals surface area contributed by atoms with Crippen molar-refractivity contribution in [3.63, 3.8) is 0 Å². The van der Waals surface area contributed by atoms with E-state index in [-0.39, 0.29) is 0 Å². The molecule has 1 atom stereocenters. The highest BCUT2D eigenvalue weighted by Gasteiger charge is 2.31. The van der Waals surface area contributed by atoms with E-state index in [1.807, 2.05) is 24.3 Å². The van der Waals surface area contributed by atoms with E-state index in [9.17, 15) is 0 Å². The van der Waals surface area contributed by atoms with Crippen LogP contribution in [0.4, 0.5) is 5.69 Å². The molecule has 0 spiro atoms. The van der Waals surface area contributed by atoms with E-state index in [1.165, 1.54) is 12.8 Å². The summed E-state index contributed by atoms with van der Waals surface area (Å²) in [6, 6.07) is 8.54. The Kier molecular flexibility index (Phi) is 6.14. The van der Waals surface area contributed by atoms with Gasteiger partial charge in [-0.1, -0.05) is 23.7 Å². The Hall–Kier alpha value is -0.770. The summed E-state index contributed by atoms with van der Waals surface area (Å²) in [6.45, 7) is 6.06. The van der Waals surface area contributed by atoms with E-state index in [2.05, 4.69) is 17.1 Å². The van der Waals surface area contributed by atoms with Gasteiger partial charge < -0.3 is 10.1 Å². The van der Waals surface area contributed by atoms with Crippen LogP contribution in [0.15, 0.2) is 24.3 Å². The zero-order valence-electron chi connectivity index (χ0n) is 12.4. The average Bonchev–Trinajstić information content (AvgIpc) is 3.28. The highest BCUT2D eigenvalue weighted by atomic mass is 35.5. The van der Waals surface area contributed by atoms with Gasteiger partial charge in [-0.05, 0) is 37.8 Å². The maximum Gasteiger partial charge on any atom is 0.0637 e. The molecular formula is C16H25ClN2O. The van der Waals surface area contributed by atoms with Crippen molar-refractivity contribution in [3.05, 3.63) is 29.3 Å². The number of hydrogen-bond acceptors (Lipinski definition) is 3. The molecule has 4 heteroatoms. The number of anilines is 1. The average molecular weight is 297 g/mol. The van der Waals surface area contributed by atoms with Gasteiger partial charge in [0.25, 0.3) is 0 Å². The molecule has 1 N–H and O–H groups in total. The van der Waals surface area contributed by atoms with Crippen molar-refractivity contribution in [3.8, 4) is 0 Å². The smallest absolute Gasteiger partial charge is 0.0637 e. The molecule has 1 aliphatic rings. The lowest BCUT2D eigenvalue weighted by molar-refractivity contribution is 0.120. The molecule has 1 aromatic carbocycles. The molecule has 0 heterocycles. The zero-order chi connectivity index (χ0) is 14.4. The standard InChI is InChI=1S/C16H25ClN2O/c1-13(14-7-8-14)19(11-12-20-2)10-9-18-16-6-4-3-5-15(16)17/h3-6,13-14,18H,7-12H2,1-2H3. The van der Waals surface area contributed by atoms with Crippen molar-refractivity contribution in [1.82, 2.24) is 4.90 Å². The molecule has 2 rings (SSSR count). The second-order valence-corrected chi connectivity index (χ2v) is 5.92. The summed E-state index contributed by atoms with van der Waals surface area (Å²) in [6.07, 6.45) is 2.76. The third-order valence-corrected chi connectivity index (χ3v) is 4.38. The molecule has 0 aromatic heterocycles. The van der Waals surface area contributed by atoms with E-state index >= 15 is 0 Å². The molecule has 0 saturated heterocycles. The molecule has 20 heavy (non-hydrogen) atoms. The lowest BCUT2D eigenvalue weighted by atomic mass is 10.2. The summed E-state index contributed by atoms with van der Waals surface area (Å²) < 4.78 is 5.22. The Morgan fingerprint density at radius 3 is 2.75 bits per heavy atom. The molecule has 1 aromatic rings. The lowest BCUT2D eigenvalue weighted by Gasteiger charge is -2.29. The van der Waals surface area contributed by atoms with Crippen molar-refractivity contribution in [2.24, 2.45) is 5.92 Å². The number of rotatable bonds is 9. The minimum Gasteiger partial charge on any atom is -0.383 e. The van der Waals surface area contributed by atoms with Crippen LogP contribution in [0.25, 0.3) is 0 Å². The number of para-hydroxylation sites is 1. The van der Waals surface area contributed by atoms with E-state index < -0.39 is 0 Å². The normalized spacial score (nSPS) is 16.4. The van der Waals surface area contributed by atoms with E-state index in [4.69, 9.17) is 16.3 Å². The topological polar surface area (TPSA) is 24.5 Å². The zero-order valence-corrected chi connectivity index (χ0v) is 13.2. The molecule has 1 saturated carbocycles. The first-order valence-corrected chi connectivity index (χ1v) is 7.81. The van der Waals surface area contributed by atoms with Crippen LogP contribution in [0.5, 0.6) is 0 Å². The summed E-state index contributed by atoms with van der Waals surface area (Å²) in [5.74, 6) is 0.882. The van der Waals surface area contributed by atoms with Crippen molar-refractivity contribution in [1.29, 1.82) is 0 Å². The molecule has 0 radical (unpaired) electrons. The third-order valence-electron chi connectivity index (χ3n) is 4.05. The quantitative estimate of drug-likeness (QED) is 0.755. The molecule has 1 aliphatic carbocycles. The van der Waals surface area contributed by atoms with Gasteiger partial charge in [0, 0.05) is 32.8 Å². The predicted molar refractivity (Wildman–Crippen MR) is 85.6 cm³/mol. The summed E-state index contributed by atoms with van der Waals surface area (Å²) in [5, 5.41) is 4.20. The fraction of sp³-hybridized carbons (Fsp3) is 0.625. The van der Waals surface area contributed by atoms with Crippen LogP contribution in [0.2, 0.25) is 5.02 Å². The summed E-state index contributed by atoms with van der Waals surface area (Å²) >= 11 is 6.15. The van der Waals surface area contributed by atoms with Crippen LogP contribution in [-0.4, -0.2) is 44.3 Å². The Bertz CT molecular complexity index is 409. The Morgan fingerprint density at radius 2 is 2.10 bits per heavy atom. The molecule has 0 amide bonds. The minimum atomic E-state index is 0.651. The number of benzene rings is 1. The number of hydrogen-bond donors (Lipinski definition) is 1. The number of nitrogens with one attached hydrogen (secondary N) is 1. The summed E-state index contributed by atoms with van der Waals surface area (Å²) in [5.41, 5.74) is 1.01. The van der Waals surface area contributed by atoms with Gasteiger partial charge in [0.05, 0.1) is 17.3 Å². The van der Waals surface area contributed by atoms with Crippen molar-refractivity contribution in [2.45, 2.75) is 25.8 Å². The van der Waals surface area contributed by atoms with Crippen LogP contribution in [0.3, 0.4) is 0 Å². The first-order chi connectivity index (χ1) is 9.72. The van der Waals surface area contributed by atoms with Gasteiger partial charge in [0.1, 0.15) is 0 Å². The van der Waals surface area contributed by atoms with Gasteiger partial charge in [-0.25, -0.2) is 0 Å². The predicted octanol–water partition coefficient (Wildman–Crippen LogP) is 3.50. The minimum absolute atomic E-state index is 0.651. The van der Waals surface area contributed by atoms with Gasteiger partial charge in [0.2, 0.25) is 0 Å². The van der Waals surface area contributed by atoms with E-state index in [0.29, 0.717) is 6.04 Å². The fourth-order valence-corrected chi connectivity index (χ4v) is 2.75. The first-order valence-electron chi connectivity index (χ1n) is 7.43. The lowest BCUT2D eigenvalue weighted by Crippen LogP contribution is -2.40. The number of ether oxygens (including phenoxy) is 1. The summed E-state index contributed by atoms with van der Waals surface area (Å²) in [4.78, 5) is 2.52. The fourth-order valence-electron chi connectivity index (χ4n) is 2.54. The van der Waals surface area contributed by atoms with Gasteiger partial charge in [-0.3, -0.25) is 4.90 Å². The van der Waals surface area contributed by atoms with E-state index in [1.54, 1.807) is 7.11 Å². The maximum atomic E-state index is 6.15. The van der Waals surface area contributed by atoms with Crippen LogP contribution >= 0.6 is 11.6 Å². The van der Waals surface area contributed by atoms with Crippen LogP contribution in [-0.2, 0) is 4.74 Å². The Morgan fingerprint density at radius 1 is 1.35 bits per heavy atom. The SMILES string of the molecule is COCCN(CCNc1ccccc1Cl)C(C)C1CC1. The molecular weight excluding hydrogens is 272 g/mol. The largest absolute Gasteiger partial charge is 0.383 e. The highest BCUT2D eigenvalue weighted by molar-refractivity contribution is 6.33. The number of nitrogens with zero attached hydrogens (tertiary/aromatic N) is 1. The number of methoxy groups -OCH3 is 1. The third kappa shape index (κ3) is 4.65. The molecule has 3 nitrogen and oxygen atoms in total. The molecule has 0 aliphatic heterocycles. The van der Waals surface area contributed by atoms with Crippen molar-refractivity contribution in [2.75, 3.05) is 38.7 Å². The molecule has 1 unspecified atom stereocenters. The highest BCUT2D eigenvalue weighted by Crippen LogP contribution is 2.35. The monoisotopic (exact) mass is 296 g/mol. The van der Waals surface area contributed by atoms with Gasteiger partial charge >= 0.3 is 0 Å². The van der Waals surface area contributed by atoms with Gasteiger partial charge in [-0.2, -0.15) is 0 Å². The van der Waals surface area contributed by atoms with Crippen molar-refractivity contribution < 1.29 is 4.74 Å². The summed E-state index contributed by atoms with van der Waals surface area (Å²) in [7, 11) is 1.77. The van der Waals surface area contributed by atoms with Gasteiger partial charge in [0.15, 0.2) is 0 Å². The van der Waals surface area contributed by atoms with Gasteiger partial charge in [-0.15, -0.1) is 0 Å². The second-order valence-electron chi connectivity index (χ2n) is 5.51. The Labute approximate surface area is 127 Å². The molecule has 112 valence electrons. The second kappa shape index (κ2) is 7.87. The Balaban J connectivity index is 1.80.